The highest BCUT2D eigenvalue weighted by atomic mass is 16.5. The minimum atomic E-state index is -0.0428. The van der Waals surface area contributed by atoms with Crippen molar-refractivity contribution >= 4 is 5.91 Å². The van der Waals surface area contributed by atoms with Crippen LogP contribution >= 0.6 is 0 Å². The van der Waals surface area contributed by atoms with Crippen LogP contribution in [0, 0.1) is 0 Å². The second-order valence-corrected chi connectivity index (χ2v) is 4.54. The van der Waals surface area contributed by atoms with Crippen molar-refractivity contribution < 1.29 is 13.7 Å². The Morgan fingerprint density at radius 3 is 3.10 bits per heavy atom. The fraction of sp³-hybridized carbons (Fsp3) is 0.214. The lowest BCUT2D eigenvalue weighted by molar-refractivity contribution is -0.121. The Morgan fingerprint density at radius 1 is 1.38 bits per heavy atom. The number of furan rings is 1. The summed E-state index contributed by atoms with van der Waals surface area (Å²) in [5.74, 6) is 1.11. The van der Waals surface area contributed by atoms with Crippen LogP contribution in [0.15, 0.2) is 45.8 Å². The smallest absolute Gasteiger partial charge is 0.220 e. The van der Waals surface area contributed by atoms with Crippen molar-refractivity contribution in [2.24, 2.45) is 0 Å². The van der Waals surface area contributed by atoms with Gasteiger partial charge < -0.3 is 14.3 Å². The SMILES string of the molecule is O=C(CCc1cn[nH]c1)NCc1cc(-c2ccco2)on1. The van der Waals surface area contributed by atoms with E-state index in [1.807, 2.05) is 0 Å². The number of amides is 1. The summed E-state index contributed by atoms with van der Waals surface area (Å²) < 4.78 is 10.4. The van der Waals surface area contributed by atoms with Crippen molar-refractivity contribution in [1.82, 2.24) is 20.7 Å². The maximum atomic E-state index is 11.7. The van der Waals surface area contributed by atoms with Crippen molar-refractivity contribution in [2.75, 3.05) is 0 Å². The molecular weight excluding hydrogens is 272 g/mol. The maximum Gasteiger partial charge on any atom is 0.220 e. The predicted octanol–water partition coefficient (Wildman–Crippen LogP) is 1.91. The average molecular weight is 286 g/mol. The molecule has 0 aliphatic heterocycles. The van der Waals surface area contributed by atoms with E-state index < -0.39 is 0 Å². The number of carbonyl (C=O) groups excluding carboxylic acids is 1. The molecule has 0 aromatic carbocycles. The van der Waals surface area contributed by atoms with E-state index in [-0.39, 0.29) is 5.91 Å². The van der Waals surface area contributed by atoms with Gasteiger partial charge in [0.05, 0.1) is 19.0 Å². The number of nitrogens with one attached hydrogen (secondary N) is 2. The zero-order chi connectivity index (χ0) is 14.5. The molecule has 0 aliphatic rings. The fourth-order valence-electron chi connectivity index (χ4n) is 1.88. The molecule has 7 nitrogen and oxygen atoms in total. The Balaban J connectivity index is 1.47. The van der Waals surface area contributed by atoms with E-state index in [2.05, 4.69) is 20.7 Å². The van der Waals surface area contributed by atoms with E-state index in [0.29, 0.717) is 36.6 Å². The third-order valence-electron chi connectivity index (χ3n) is 2.99. The molecule has 0 fully saturated rings. The van der Waals surface area contributed by atoms with Crippen LogP contribution < -0.4 is 5.32 Å². The molecule has 3 rings (SSSR count). The van der Waals surface area contributed by atoms with Gasteiger partial charge in [-0.1, -0.05) is 5.16 Å². The minimum Gasteiger partial charge on any atom is -0.461 e. The van der Waals surface area contributed by atoms with Crippen LogP contribution in [0.2, 0.25) is 0 Å². The van der Waals surface area contributed by atoms with Crippen LogP contribution in [-0.2, 0) is 17.8 Å². The second-order valence-electron chi connectivity index (χ2n) is 4.54. The van der Waals surface area contributed by atoms with Crippen LogP contribution in [0.5, 0.6) is 0 Å². The van der Waals surface area contributed by atoms with E-state index in [9.17, 15) is 4.79 Å². The van der Waals surface area contributed by atoms with Crippen LogP contribution in [0.3, 0.4) is 0 Å². The van der Waals surface area contributed by atoms with Crippen LogP contribution in [0.4, 0.5) is 0 Å². The number of aryl methyl sites for hydroxylation is 1. The molecule has 108 valence electrons. The largest absolute Gasteiger partial charge is 0.461 e. The molecule has 3 heterocycles. The van der Waals surface area contributed by atoms with Crippen LogP contribution in [0.1, 0.15) is 17.7 Å². The summed E-state index contributed by atoms with van der Waals surface area (Å²) in [5.41, 5.74) is 1.66. The first kappa shape index (κ1) is 13.2. The lowest BCUT2D eigenvalue weighted by Gasteiger charge is -2.01. The predicted molar refractivity (Wildman–Crippen MR) is 73.0 cm³/mol. The molecule has 0 unspecified atom stereocenters. The number of aromatic nitrogens is 3. The molecule has 2 N–H and O–H groups in total. The molecular formula is C14H14N4O3. The summed E-state index contributed by atoms with van der Waals surface area (Å²) in [7, 11) is 0. The van der Waals surface area contributed by atoms with Gasteiger partial charge >= 0.3 is 0 Å². The maximum absolute atomic E-state index is 11.7. The molecule has 7 heteroatoms. The van der Waals surface area contributed by atoms with E-state index in [4.69, 9.17) is 8.94 Å². The normalized spacial score (nSPS) is 10.7. The van der Waals surface area contributed by atoms with Crippen molar-refractivity contribution in [3.05, 3.63) is 48.1 Å². The first-order valence-corrected chi connectivity index (χ1v) is 6.55. The number of rotatable bonds is 6. The summed E-state index contributed by atoms with van der Waals surface area (Å²) in [5, 5.41) is 13.2. The van der Waals surface area contributed by atoms with Gasteiger partial charge in [-0.15, -0.1) is 0 Å². The molecule has 1 amide bonds. The number of nitrogens with zero attached hydrogens (tertiary/aromatic N) is 2. The highest BCUT2D eigenvalue weighted by molar-refractivity contribution is 5.76. The van der Waals surface area contributed by atoms with Crippen molar-refractivity contribution in [3.8, 4) is 11.5 Å². The summed E-state index contributed by atoms with van der Waals surface area (Å²) in [4.78, 5) is 11.7. The zero-order valence-electron chi connectivity index (χ0n) is 11.2. The average Bonchev–Trinajstić information content (AvgIpc) is 3.24. The van der Waals surface area contributed by atoms with Gasteiger partial charge in [-0.3, -0.25) is 9.89 Å². The minimum absolute atomic E-state index is 0.0428. The Labute approximate surface area is 120 Å². The van der Waals surface area contributed by atoms with Gasteiger partial charge in [0.15, 0.2) is 5.76 Å². The van der Waals surface area contributed by atoms with Gasteiger partial charge in [0.25, 0.3) is 0 Å². The van der Waals surface area contributed by atoms with Gasteiger partial charge in [0.1, 0.15) is 5.69 Å². The Hall–Kier alpha value is -2.83. The van der Waals surface area contributed by atoms with Gasteiger partial charge in [-0.2, -0.15) is 5.10 Å². The topological polar surface area (TPSA) is 97.0 Å². The molecule has 0 saturated heterocycles. The summed E-state index contributed by atoms with van der Waals surface area (Å²) in [6.45, 7) is 0.328. The molecule has 0 spiro atoms. The number of aromatic amines is 1. The van der Waals surface area contributed by atoms with Gasteiger partial charge in [0, 0.05) is 18.7 Å². The second kappa shape index (κ2) is 6.08. The number of carbonyl (C=O) groups is 1. The van der Waals surface area contributed by atoms with Gasteiger partial charge in [-0.25, -0.2) is 0 Å². The van der Waals surface area contributed by atoms with Crippen LogP contribution in [-0.4, -0.2) is 21.3 Å². The Morgan fingerprint density at radius 2 is 2.33 bits per heavy atom. The molecule has 21 heavy (non-hydrogen) atoms. The number of hydrogen-bond acceptors (Lipinski definition) is 5. The number of hydrogen-bond donors (Lipinski definition) is 2. The van der Waals surface area contributed by atoms with E-state index in [1.54, 1.807) is 36.9 Å². The van der Waals surface area contributed by atoms with E-state index >= 15 is 0 Å². The van der Waals surface area contributed by atoms with Gasteiger partial charge in [-0.05, 0) is 24.1 Å². The van der Waals surface area contributed by atoms with Gasteiger partial charge in [0.2, 0.25) is 11.7 Å². The standard InChI is InChI=1S/C14H14N4O3/c19-14(4-3-10-7-16-17-8-10)15-9-11-6-13(21-18-11)12-2-1-5-20-12/h1-2,5-8H,3-4,9H2,(H,15,19)(H,16,17). The Kier molecular flexibility index (Phi) is 3.81. The highest BCUT2D eigenvalue weighted by Crippen LogP contribution is 2.20. The van der Waals surface area contributed by atoms with E-state index in [0.717, 1.165) is 5.56 Å². The molecule has 0 bridgehead atoms. The fourth-order valence-corrected chi connectivity index (χ4v) is 1.88. The molecule has 3 aromatic heterocycles. The lowest BCUT2D eigenvalue weighted by atomic mass is 10.2. The highest BCUT2D eigenvalue weighted by Gasteiger charge is 2.10. The zero-order valence-corrected chi connectivity index (χ0v) is 11.2. The Bertz CT molecular complexity index is 686. The lowest BCUT2D eigenvalue weighted by Crippen LogP contribution is -2.23. The molecule has 3 aromatic rings. The quantitative estimate of drug-likeness (QED) is 0.721. The summed E-state index contributed by atoms with van der Waals surface area (Å²) >= 11 is 0. The third kappa shape index (κ3) is 3.38. The number of H-pyrrole nitrogens is 1. The third-order valence-corrected chi connectivity index (χ3v) is 2.99. The molecule has 0 saturated carbocycles. The molecule has 0 aliphatic carbocycles. The van der Waals surface area contributed by atoms with Crippen molar-refractivity contribution in [3.63, 3.8) is 0 Å². The van der Waals surface area contributed by atoms with Crippen LogP contribution in [0.25, 0.3) is 11.5 Å². The van der Waals surface area contributed by atoms with Crippen molar-refractivity contribution in [2.45, 2.75) is 19.4 Å². The van der Waals surface area contributed by atoms with Crippen molar-refractivity contribution in [1.29, 1.82) is 0 Å². The summed E-state index contributed by atoms with van der Waals surface area (Å²) in [6, 6.07) is 5.30. The first-order valence-electron chi connectivity index (χ1n) is 6.55. The van der Waals surface area contributed by atoms with E-state index in [1.165, 1.54) is 0 Å². The first-order chi connectivity index (χ1) is 10.3. The summed E-state index contributed by atoms with van der Waals surface area (Å²) in [6.07, 6.45) is 6.11. The monoisotopic (exact) mass is 286 g/mol. The molecule has 0 atom stereocenters. The molecule has 0 radical (unpaired) electrons.